The maximum atomic E-state index is 12.8. The summed E-state index contributed by atoms with van der Waals surface area (Å²) in [6.07, 6.45) is 0.804. The number of benzene rings is 2. The smallest absolute Gasteiger partial charge is 0.281 e. The van der Waals surface area contributed by atoms with Gasteiger partial charge >= 0.3 is 0 Å². The quantitative estimate of drug-likeness (QED) is 0.510. The van der Waals surface area contributed by atoms with Crippen LogP contribution in [0.4, 0.5) is 11.4 Å². The molecule has 2 N–H and O–H groups in total. The van der Waals surface area contributed by atoms with E-state index < -0.39 is 20.2 Å². The van der Waals surface area contributed by atoms with Crippen molar-refractivity contribution in [2.75, 3.05) is 51.4 Å². The Morgan fingerprint density at radius 2 is 1.60 bits per heavy atom. The lowest BCUT2D eigenvalue weighted by Crippen LogP contribution is -2.46. The Kier molecular flexibility index (Phi) is 8.26. The summed E-state index contributed by atoms with van der Waals surface area (Å²) in [5, 5.41) is 2.78. The van der Waals surface area contributed by atoms with Crippen LogP contribution in [0.15, 0.2) is 47.4 Å². The molecule has 1 amide bonds. The molecule has 0 spiro atoms. The van der Waals surface area contributed by atoms with E-state index in [9.17, 15) is 21.6 Å². The molecule has 1 aliphatic heterocycles. The fourth-order valence-electron chi connectivity index (χ4n) is 3.63. The van der Waals surface area contributed by atoms with Gasteiger partial charge in [-0.15, -0.1) is 0 Å². The molecule has 1 fully saturated rings. The lowest BCUT2D eigenvalue weighted by molar-refractivity contribution is -0.120. The summed E-state index contributed by atoms with van der Waals surface area (Å²) in [5.41, 5.74) is 0.702. The van der Waals surface area contributed by atoms with E-state index in [1.165, 1.54) is 56.9 Å². The van der Waals surface area contributed by atoms with Crippen LogP contribution in [-0.2, 0) is 25.0 Å². The normalized spacial score (nSPS) is 15.6. The predicted molar refractivity (Wildman–Crippen MR) is 132 cm³/mol. The molecule has 0 atom stereocenters. The van der Waals surface area contributed by atoms with Crippen molar-refractivity contribution in [3.63, 3.8) is 0 Å². The van der Waals surface area contributed by atoms with Gasteiger partial charge < -0.3 is 14.8 Å². The van der Waals surface area contributed by atoms with Gasteiger partial charge in [-0.3, -0.25) is 9.52 Å². The summed E-state index contributed by atoms with van der Waals surface area (Å²) in [4.78, 5) is 12.7. The number of nitrogens with one attached hydrogen (secondary N) is 2. The number of methoxy groups -OCH3 is 2. The zero-order valence-electron chi connectivity index (χ0n) is 20.0. The van der Waals surface area contributed by atoms with Gasteiger partial charge in [0.05, 0.1) is 24.8 Å². The van der Waals surface area contributed by atoms with Crippen molar-refractivity contribution in [3.8, 4) is 11.5 Å². The van der Waals surface area contributed by atoms with E-state index in [0.717, 1.165) is 4.31 Å². The number of ether oxygens (including phenoxy) is 2. The average Bonchev–Trinajstić information content (AvgIpc) is 2.84. The Hall–Kier alpha value is -2.87. The van der Waals surface area contributed by atoms with E-state index in [0.29, 0.717) is 30.0 Å². The number of hydrogen-bond acceptors (Lipinski definition) is 7. The molecule has 0 unspecified atom stereocenters. The van der Waals surface area contributed by atoms with E-state index >= 15 is 0 Å². The fourth-order valence-corrected chi connectivity index (χ4v) is 5.83. The molecule has 11 nitrogen and oxygen atoms in total. The summed E-state index contributed by atoms with van der Waals surface area (Å²) in [6.45, 7) is 0.520. The Morgan fingerprint density at radius 1 is 0.971 bits per heavy atom. The third-order valence-electron chi connectivity index (χ3n) is 5.70. The molecule has 2 aromatic carbocycles. The second-order valence-electron chi connectivity index (χ2n) is 8.15. The summed E-state index contributed by atoms with van der Waals surface area (Å²) in [5.74, 6) is 0.260. The summed E-state index contributed by atoms with van der Waals surface area (Å²) >= 11 is 0. The Labute approximate surface area is 206 Å². The van der Waals surface area contributed by atoms with E-state index in [-0.39, 0.29) is 35.5 Å². The van der Waals surface area contributed by atoms with Gasteiger partial charge in [0.15, 0.2) is 0 Å². The number of piperidine rings is 1. The third kappa shape index (κ3) is 6.23. The van der Waals surface area contributed by atoms with Gasteiger partial charge in [-0.05, 0) is 49.2 Å². The van der Waals surface area contributed by atoms with Crippen molar-refractivity contribution in [1.82, 2.24) is 8.61 Å². The molecule has 1 heterocycles. The zero-order valence-corrected chi connectivity index (χ0v) is 21.6. The Morgan fingerprint density at radius 3 is 2.14 bits per heavy atom. The van der Waals surface area contributed by atoms with E-state index in [1.54, 1.807) is 18.2 Å². The molecular weight excluding hydrogens is 496 g/mol. The van der Waals surface area contributed by atoms with Gasteiger partial charge in [-0.25, -0.2) is 8.42 Å². The monoisotopic (exact) mass is 526 g/mol. The molecule has 1 aliphatic rings. The van der Waals surface area contributed by atoms with Crippen LogP contribution in [0.25, 0.3) is 0 Å². The number of amides is 1. The summed E-state index contributed by atoms with van der Waals surface area (Å²) in [6, 6.07) is 10.5. The van der Waals surface area contributed by atoms with Gasteiger partial charge in [-0.2, -0.15) is 17.0 Å². The molecule has 1 saturated heterocycles. The minimum atomic E-state index is -3.91. The molecule has 0 bridgehead atoms. The maximum Gasteiger partial charge on any atom is 0.281 e. The largest absolute Gasteiger partial charge is 0.497 e. The SMILES string of the molecule is COc1ccc(NS(=O)(=O)c2ccc(NC(=O)C3CCN(S(=O)(=O)N(C)C)CC3)cc2)c(OC)c1. The molecule has 0 aromatic heterocycles. The molecule has 3 rings (SSSR count). The molecule has 2 aromatic rings. The second kappa shape index (κ2) is 10.8. The Bertz CT molecular complexity index is 1260. The highest BCUT2D eigenvalue weighted by Crippen LogP contribution is 2.31. The zero-order chi connectivity index (χ0) is 25.8. The first-order valence-corrected chi connectivity index (χ1v) is 13.7. The highest BCUT2D eigenvalue weighted by Gasteiger charge is 2.32. The number of nitrogens with zero attached hydrogens (tertiary/aromatic N) is 2. The van der Waals surface area contributed by atoms with Crippen molar-refractivity contribution < 1.29 is 31.1 Å². The fraction of sp³-hybridized carbons (Fsp3) is 0.409. The van der Waals surface area contributed by atoms with Crippen molar-refractivity contribution in [1.29, 1.82) is 0 Å². The van der Waals surface area contributed by atoms with E-state index in [4.69, 9.17) is 9.47 Å². The molecule has 192 valence electrons. The van der Waals surface area contributed by atoms with Crippen LogP contribution in [0.3, 0.4) is 0 Å². The molecule has 0 radical (unpaired) electrons. The molecule has 0 aliphatic carbocycles. The average molecular weight is 527 g/mol. The first kappa shape index (κ1) is 26.7. The minimum Gasteiger partial charge on any atom is -0.497 e. The van der Waals surface area contributed by atoms with Crippen LogP contribution in [0.5, 0.6) is 11.5 Å². The van der Waals surface area contributed by atoms with Crippen molar-refractivity contribution >= 4 is 37.5 Å². The number of anilines is 2. The van der Waals surface area contributed by atoms with Crippen LogP contribution < -0.4 is 19.5 Å². The molecular formula is C22H30N4O7S2. The minimum absolute atomic E-state index is 0.00979. The highest BCUT2D eigenvalue weighted by atomic mass is 32.2. The first-order valence-electron chi connectivity index (χ1n) is 10.8. The standard InChI is InChI=1S/C22H30N4O7S2/c1-25(2)35(30,31)26-13-11-16(12-14-26)22(27)23-17-5-8-19(9-6-17)34(28,29)24-20-10-7-18(32-3)15-21(20)33-4/h5-10,15-16,24H,11-14H2,1-4H3,(H,23,27). The summed E-state index contributed by atoms with van der Waals surface area (Å²) < 4.78 is 65.5. The third-order valence-corrected chi connectivity index (χ3v) is 9.02. The van der Waals surface area contributed by atoms with E-state index in [1.807, 2.05) is 0 Å². The van der Waals surface area contributed by atoms with Crippen molar-refractivity contribution in [2.45, 2.75) is 17.7 Å². The topological polar surface area (TPSA) is 134 Å². The lowest BCUT2D eigenvalue weighted by Gasteiger charge is -2.32. The van der Waals surface area contributed by atoms with Crippen LogP contribution in [-0.4, -0.2) is 72.8 Å². The predicted octanol–water partition coefficient (Wildman–Crippen LogP) is 1.96. The lowest BCUT2D eigenvalue weighted by atomic mass is 9.97. The van der Waals surface area contributed by atoms with Crippen LogP contribution in [0, 0.1) is 5.92 Å². The van der Waals surface area contributed by atoms with Gasteiger partial charge in [0.25, 0.3) is 20.2 Å². The highest BCUT2D eigenvalue weighted by molar-refractivity contribution is 7.92. The summed E-state index contributed by atoms with van der Waals surface area (Å²) in [7, 11) is -1.54. The van der Waals surface area contributed by atoms with Gasteiger partial charge in [0.2, 0.25) is 5.91 Å². The van der Waals surface area contributed by atoms with Crippen molar-refractivity contribution in [3.05, 3.63) is 42.5 Å². The second-order valence-corrected chi connectivity index (χ2v) is 12.0. The van der Waals surface area contributed by atoms with Crippen LogP contribution in [0.2, 0.25) is 0 Å². The Balaban J connectivity index is 1.62. The number of carbonyl (C=O) groups excluding carboxylic acids is 1. The number of carbonyl (C=O) groups is 1. The van der Waals surface area contributed by atoms with Crippen LogP contribution >= 0.6 is 0 Å². The van der Waals surface area contributed by atoms with Crippen molar-refractivity contribution in [2.24, 2.45) is 5.92 Å². The van der Waals surface area contributed by atoms with Gasteiger partial charge in [0, 0.05) is 44.9 Å². The number of rotatable bonds is 9. The van der Waals surface area contributed by atoms with Crippen LogP contribution in [0.1, 0.15) is 12.8 Å². The molecule has 13 heteroatoms. The first-order chi connectivity index (χ1) is 16.5. The van der Waals surface area contributed by atoms with E-state index in [2.05, 4.69) is 10.0 Å². The van der Waals surface area contributed by atoms with Gasteiger partial charge in [0.1, 0.15) is 11.5 Å². The number of sulfonamides is 1. The number of hydrogen-bond donors (Lipinski definition) is 2. The molecule has 35 heavy (non-hydrogen) atoms. The molecule has 0 saturated carbocycles. The maximum absolute atomic E-state index is 12.8. The van der Waals surface area contributed by atoms with Gasteiger partial charge in [-0.1, -0.05) is 0 Å².